The molecule has 0 aliphatic carbocycles. The Hall–Kier alpha value is -0.0500. The number of allylic oxidation sites excluding steroid dienone is 1. The van der Waals surface area contributed by atoms with Crippen LogP contribution in [0.25, 0.3) is 0 Å². The Labute approximate surface area is 73.1 Å². The van der Waals surface area contributed by atoms with Crippen molar-refractivity contribution in [3.05, 3.63) is 11.6 Å². The van der Waals surface area contributed by atoms with E-state index in [-0.39, 0.29) is 6.29 Å². The highest BCUT2D eigenvalue weighted by molar-refractivity contribution is 6.18. The van der Waals surface area contributed by atoms with Crippen LogP contribution < -0.4 is 0 Å². The SMILES string of the molecule is COC(C/C(C)=C/CCl)OC. The van der Waals surface area contributed by atoms with Crippen molar-refractivity contribution in [3.63, 3.8) is 0 Å². The predicted molar refractivity (Wildman–Crippen MR) is 46.9 cm³/mol. The average Bonchev–Trinajstić information content (AvgIpc) is 2.01. The lowest BCUT2D eigenvalue weighted by Crippen LogP contribution is -2.12. The molecule has 0 radical (unpaired) electrons. The molecule has 0 rings (SSSR count). The molecule has 0 amide bonds. The number of alkyl halides is 1. The van der Waals surface area contributed by atoms with E-state index < -0.39 is 0 Å². The zero-order chi connectivity index (χ0) is 8.69. The summed E-state index contributed by atoms with van der Waals surface area (Å²) in [5.41, 5.74) is 1.19. The summed E-state index contributed by atoms with van der Waals surface area (Å²) >= 11 is 5.51. The Morgan fingerprint density at radius 2 is 2.00 bits per heavy atom. The van der Waals surface area contributed by atoms with Crippen molar-refractivity contribution in [1.29, 1.82) is 0 Å². The van der Waals surface area contributed by atoms with Gasteiger partial charge in [-0.2, -0.15) is 0 Å². The van der Waals surface area contributed by atoms with Gasteiger partial charge in [0.05, 0.1) is 0 Å². The van der Waals surface area contributed by atoms with Crippen molar-refractivity contribution in [2.75, 3.05) is 20.1 Å². The van der Waals surface area contributed by atoms with E-state index in [2.05, 4.69) is 0 Å². The summed E-state index contributed by atoms with van der Waals surface area (Å²) in [6.45, 7) is 2.01. The van der Waals surface area contributed by atoms with Crippen LogP contribution in [0.5, 0.6) is 0 Å². The fourth-order valence-electron chi connectivity index (χ4n) is 0.741. The van der Waals surface area contributed by atoms with E-state index in [0.29, 0.717) is 5.88 Å². The monoisotopic (exact) mass is 178 g/mol. The molecule has 0 bridgehead atoms. The van der Waals surface area contributed by atoms with Gasteiger partial charge < -0.3 is 9.47 Å². The average molecular weight is 179 g/mol. The molecule has 0 spiro atoms. The normalized spacial score (nSPS) is 12.6. The lowest BCUT2D eigenvalue weighted by atomic mass is 10.2. The van der Waals surface area contributed by atoms with Crippen molar-refractivity contribution < 1.29 is 9.47 Å². The maximum Gasteiger partial charge on any atom is 0.160 e. The summed E-state index contributed by atoms with van der Waals surface area (Å²) in [6.07, 6.45) is 2.58. The summed E-state index contributed by atoms with van der Waals surface area (Å²) in [5, 5.41) is 0. The van der Waals surface area contributed by atoms with Gasteiger partial charge in [0.2, 0.25) is 0 Å². The molecule has 0 aromatic heterocycles. The van der Waals surface area contributed by atoms with Crippen LogP contribution in [0.3, 0.4) is 0 Å². The number of hydrogen-bond donors (Lipinski definition) is 0. The van der Waals surface area contributed by atoms with Gasteiger partial charge in [-0.3, -0.25) is 0 Å². The summed E-state index contributed by atoms with van der Waals surface area (Å²) < 4.78 is 10.0. The Bertz CT molecular complexity index is 119. The maximum atomic E-state index is 5.51. The Balaban J connectivity index is 3.71. The predicted octanol–water partition coefficient (Wildman–Crippen LogP) is 2.18. The molecule has 11 heavy (non-hydrogen) atoms. The van der Waals surface area contributed by atoms with Crippen LogP contribution in [0.2, 0.25) is 0 Å². The van der Waals surface area contributed by atoms with Crippen molar-refractivity contribution in [2.45, 2.75) is 19.6 Å². The zero-order valence-corrected chi connectivity index (χ0v) is 8.02. The molecule has 0 saturated heterocycles. The number of rotatable bonds is 5. The van der Waals surface area contributed by atoms with Gasteiger partial charge in [0.25, 0.3) is 0 Å². The van der Waals surface area contributed by atoms with E-state index in [4.69, 9.17) is 21.1 Å². The van der Waals surface area contributed by atoms with E-state index in [9.17, 15) is 0 Å². The van der Waals surface area contributed by atoms with Gasteiger partial charge in [0.1, 0.15) is 0 Å². The van der Waals surface area contributed by atoms with Crippen molar-refractivity contribution in [1.82, 2.24) is 0 Å². The lowest BCUT2D eigenvalue weighted by Gasteiger charge is -2.12. The Morgan fingerprint density at radius 3 is 2.36 bits per heavy atom. The van der Waals surface area contributed by atoms with Crippen molar-refractivity contribution >= 4 is 11.6 Å². The van der Waals surface area contributed by atoms with Gasteiger partial charge in [-0.15, -0.1) is 11.6 Å². The number of ether oxygens (including phenoxy) is 2. The molecular weight excluding hydrogens is 164 g/mol. The van der Waals surface area contributed by atoms with Crippen LogP contribution in [0, 0.1) is 0 Å². The van der Waals surface area contributed by atoms with E-state index in [1.54, 1.807) is 14.2 Å². The minimum absolute atomic E-state index is 0.144. The molecule has 0 saturated carbocycles. The van der Waals surface area contributed by atoms with Crippen LogP contribution in [0.1, 0.15) is 13.3 Å². The molecule has 0 unspecified atom stereocenters. The fraction of sp³-hybridized carbons (Fsp3) is 0.750. The van der Waals surface area contributed by atoms with Gasteiger partial charge in [-0.25, -0.2) is 0 Å². The quantitative estimate of drug-likeness (QED) is 0.365. The molecule has 0 N–H and O–H groups in total. The molecule has 0 heterocycles. The highest BCUT2D eigenvalue weighted by atomic mass is 35.5. The smallest absolute Gasteiger partial charge is 0.160 e. The first-order chi connectivity index (χ1) is 5.24. The summed E-state index contributed by atoms with van der Waals surface area (Å²) in [7, 11) is 3.25. The van der Waals surface area contributed by atoms with E-state index in [1.807, 2.05) is 13.0 Å². The lowest BCUT2D eigenvalue weighted by molar-refractivity contribution is -0.100. The topological polar surface area (TPSA) is 18.5 Å². The Morgan fingerprint density at radius 1 is 1.45 bits per heavy atom. The molecule has 3 heteroatoms. The van der Waals surface area contributed by atoms with Gasteiger partial charge in [0, 0.05) is 26.5 Å². The fourth-order valence-corrected chi connectivity index (χ4v) is 1.00. The second-order valence-corrected chi connectivity index (χ2v) is 2.62. The van der Waals surface area contributed by atoms with E-state index in [0.717, 1.165) is 6.42 Å². The zero-order valence-electron chi connectivity index (χ0n) is 7.26. The van der Waals surface area contributed by atoms with E-state index in [1.165, 1.54) is 5.57 Å². The van der Waals surface area contributed by atoms with Gasteiger partial charge in [0.15, 0.2) is 6.29 Å². The molecule has 0 aromatic carbocycles. The summed E-state index contributed by atoms with van der Waals surface area (Å²) in [6, 6.07) is 0. The first kappa shape index (κ1) is 11.0. The maximum absolute atomic E-state index is 5.51. The first-order valence-electron chi connectivity index (χ1n) is 3.51. The minimum Gasteiger partial charge on any atom is -0.356 e. The van der Waals surface area contributed by atoms with Gasteiger partial charge in [-0.1, -0.05) is 11.6 Å². The minimum atomic E-state index is -0.144. The Kier molecular flexibility index (Phi) is 6.62. The molecular formula is C8H15ClO2. The van der Waals surface area contributed by atoms with E-state index >= 15 is 0 Å². The second kappa shape index (κ2) is 6.65. The largest absolute Gasteiger partial charge is 0.356 e. The summed E-state index contributed by atoms with van der Waals surface area (Å²) in [4.78, 5) is 0. The number of hydrogen-bond acceptors (Lipinski definition) is 2. The van der Waals surface area contributed by atoms with Crippen LogP contribution in [0.15, 0.2) is 11.6 Å². The molecule has 66 valence electrons. The molecule has 0 atom stereocenters. The molecule has 0 fully saturated rings. The van der Waals surface area contributed by atoms with Crippen LogP contribution in [-0.2, 0) is 9.47 Å². The second-order valence-electron chi connectivity index (χ2n) is 2.31. The van der Waals surface area contributed by atoms with Gasteiger partial charge in [-0.05, 0) is 6.92 Å². The van der Waals surface area contributed by atoms with Crippen molar-refractivity contribution in [2.24, 2.45) is 0 Å². The molecule has 2 nitrogen and oxygen atoms in total. The summed E-state index contributed by atoms with van der Waals surface area (Å²) in [5.74, 6) is 0.548. The number of halogens is 1. The third-order valence-electron chi connectivity index (χ3n) is 1.44. The third kappa shape index (κ3) is 5.24. The standard InChI is InChI=1S/C8H15ClO2/c1-7(4-5-9)6-8(10-2)11-3/h4,8H,5-6H2,1-3H3/b7-4+. The van der Waals surface area contributed by atoms with Crippen LogP contribution in [0.4, 0.5) is 0 Å². The van der Waals surface area contributed by atoms with Crippen LogP contribution in [-0.4, -0.2) is 26.4 Å². The number of methoxy groups -OCH3 is 2. The van der Waals surface area contributed by atoms with Crippen LogP contribution >= 0.6 is 11.6 Å². The molecule has 0 aliphatic heterocycles. The highest BCUT2D eigenvalue weighted by Gasteiger charge is 2.04. The third-order valence-corrected chi connectivity index (χ3v) is 1.59. The van der Waals surface area contributed by atoms with Gasteiger partial charge >= 0.3 is 0 Å². The highest BCUT2D eigenvalue weighted by Crippen LogP contribution is 2.07. The first-order valence-corrected chi connectivity index (χ1v) is 4.05. The molecule has 0 aliphatic rings. The van der Waals surface area contributed by atoms with Crippen molar-refractivity contribution in [3.8, 4) is 0 Å². The molecule has 0 aromatic rings.